The van der Waals surface area contributed by atoms with E-state index < -0.39 is 21.9 Å². The summed E-state index contributed by atoms with van der Waals surface area (Å²) < 4.78 is 46.5. The number of benzene rings is 3. The Morgan fingerprint density at radius 2 is 1.59 bits per heavy atom. The van der Waals surface area contributed by atoms with Crippen LogP contribution in [0.1, 0.15) is 35.6 Å². The summed E-state index contributed by atoms with van der Waals surface area (Å²) in [6.45, 7) is 0. The summed E-state index contributed by atoms with van der Waals surface area (Å²) in [5, 5.41) is 0. The lowest BCUT2D eigenvalue weighted by Crippen LogP contribution is -2.30. The number of sulfonamides is 1. The molecule has 0 saturated heterocycles. The SMILES string of the molecule is COC(=O)CCCc1ccc(C(Cc2ccccc2)NS(=O)(=O)c2ccc(F)cc2)cc1. The van der Waals surface area contributed by atoms with Crippen molar-refractivity contribution in [2.75, 3.05) is 7.11 Å². The molecule has 3 aromatic rings. The van der Waals surface area contributed by atoms with Crippen molar-refractivity contribution >= 4 is 16.0 Å². The minimum Gasteiger partial charge on any atom is -0.469 e. The molecule has 168 valence electrons. The molecular weight excluding hydrogens is 429 g/mol. The highest BCUT2D eigenvalue weighted by Crippen LogP contribution is 2.23. The van der Waals surface area contributed by atoms with Gasteiger partial charge in [-0.3, -0.25) is 4.79 Å². The second-order valence-electron chi connectivity index (χ2n) is 7.49. The standard InChI is InChI=1S/C25H26FNO4S/c1-31-25(28)9-5-8-19-10-12-21(13-11-19)24(18-20-6-3-2-4-7-20)27-32(29,30)23-16-14-22(26)15-17-23/h2-4,6-7,10-17,24,27H,5,8-9,18H2,1H3. The smallest absolute Gasteiger partial charge is 0.305 e. The van der Waals surface area contributed by atoms with Crippen LogP contribution in [0.3, 0.4) is 0 Å². The molecule has 1 unspecified atom stereocenters. The molecule has 0 radical (unpaired) electrons. The molecule has 32 heavy (non-hydrogen) atoms. The Hall–Kier alpha value is -3.03. The summed E-state index contributed by atoms with van der Waals surface area (Å²) in [5.74, 6) is -0.729. The fourth-order valence-electron chi connectivity index (χ4n) is 3.40. The van der Waals surface area contributed by atoms with Crippen molar-refractivity contribution in [2.24, 2.45) is 0 Å². The molecule has 0 aromatic heterocycles. The van der Waals surface area contributed by atoms with Crippen LogP contribution in [0.4, 0.5) is 4.39 Å². The molecule has 0 aliphatic rings. The van der Waals surface area contributed by atoms with Crippen molar-refractivity contribution in [2.45, 2.75) is 36.6 Å². The van der Waals surface area contributed by atoms with E-state index in [9.17, 15) is 17.6 Å². The zero-order valence-corrected chi connectivity index (χ0v) is 18.6. The van der Waals surface area contributed by atoms with Gasteiger partial charge >= 0.3 is 5.97 Å². The first-order valence-corrected chi connectivity index (χ1v) is 11.8. The number of nitrogens with one attached hydrogen (secondary N) is 1. The number of ether oxygens (including phenoxy) is 1. The second-order valence-corrected chi connectivity index (χ2v) is 9.20. The number of rotatable bonds is 10. The highest BCUT2D eigenvalue weighted by molar-refractivity contribution is 7.89. The van der Waals surface area contributed by atoms with E-state index in [0.717, 1.165) is 35.2 Å². The largest absolute Gasteiger partial charge is 0.469 e. The number of halogens is 1. The zero-order chi connectivity index (χ0) is 23.0. The second kappa shape index (κ2) is 11.0. The van der Waals surface area contributed by atoms with Crippen LogP contribution < -0.4 is 4.72 Å². The van der Waals surface area contributed by atoms with Gasteiger partial charge in [0.15, 0.2) is 0 Å². The maximum Gasteiger partial charge on any atom is 0.305 e. The van der Waals surface area contributed by atoms with Gasteiger partial charge in [0.05, 0.1) is 18.0 Å². The van der Waals surface area contributed by atoms with E-state index in [0.29, 0.717) is 19.3 Å². The summed E-state index contributed by atoms with van der Waals surface area (Å²) in [7, 11) is -2.48. The molecule has 1 N–H and O–H groups in total. The molecule has 0 saturated carbocycles. The minimum atomic E-state index is -3.85. The van der Waals surface area contributed by atoms with E-state index in [-0.39, 0.29) is 10.9 Å². The van der Waals surface area contributed by atoms with Gasteiger partial charge < -0.3 is 4.74 Å². The Morgan fingerprint density at radius 3 is 2.22 bits per heavy atom. The summed E-state index contributed by atoms with van der Waals surface area (Å²) in [5.41, 5.74) is 2.86. The van der Waals surface area contributed by atoms with Crippen LogP contribution in [0.5, 0.6) is 0 Å². The summed E-state index contributed by atoms with van der Waals surface area (Å²) in [4.78, 5) is 11.3. The van der Waals surface area contributed by atoms with Gasteiger partial charge in [-0.15, -0.1) is 0 Å². The maximum absolute atomic E-state index is 13.2. The minimum absolute atomic E-state index is 0.0105. The van der Waals surface area contributed by atoms with E-state index >= 15 is 0 Å². The molecule has 0 heterocycles. The quantitative estimate of drug-likeness (QED) is 0.454. The van der Waals surface area contributed by atoms with Gasteiger partial charge in [0.1, 0.15) is 5.82 Å². The molecule has 0 spiro atoms. The fourth-order valence-corrected chi connectivity index (χ4v) is 4.63. The Labute approximate surface area is 188 Å². The van der Waals surface area contributed by atoms with Crippen molar-refractivity contribution in [3.63, 3.8) is 0 Å². The van der Waals surface area contributed by atoms with Gasteiger partial charge in [-0.05, 0) is 60.2 Å². The van der Waals surface area contributed by atoms with E-state index in [1.165, 1.54) is 19.2 Å². The van der Waals surface area contributed by atoms with Gasteiger partial charge in [-0.1, -0.05) is 54.6 Å². The van der Waals surface area contributed by atoms with E-state index in [4.69, 9.17) is 0 Å². The van der Waals surface area contributed by atoms with Crippen molar-refractivity contribution in [3.8, 4) is 0 Å². The van der Waals surface area contributed by atoms with E-state index in [1.54, 1.807) is 0 Å². The first-order chi connectivity index (χ1) is 15.4. The van der Waals surface area contributed by atoms with Crippen LogP contribution in [0.25, 0.3) is 0 Å². The number of methoxy groups -OCH3 is 1. The van der Waals surface area contributed by atoms with E-state index in [1.807, 2.05) is 54.6 Å². The van der Waals surface area contributed by atoms with Crippen molar-refractivity contribution < 1.29 is 22.3 Å². The Morgan fingerprint density at radius 1 is 0.938 bits per heavy atom. The molecule has 0 aliphatic heterocycles. The van der Waals surface area contributed by atoms with Crippen LogP contribution in [0.2, 0.25) is 0 Å². The number of esters is 1. The predicted octanol–water partition coefficient (Wildman–Crippen LogP) is 4.58. The molecule has 5 nitrogen and oxygen atoms in total. The van der Waals surface area contributed by atoms with Gasteiger partial charge in [-0.2, -0.15) is 0 Å². The zero-order valence-electron chi connectivity index (χ0n) is 17.8. The van der Waals surface area contributed by atoms with Gasteiger partial charge in [0, 0.05) is 6.42 Å². The van der Waals surface area contributed by atoms with Crippen LogP contribution in [-0.4, -0.2) is 21.5 Å². The molecule has 3 rings (SSSR count). The molecule has 3 aromatic carbocycles. The van der Waals surface area contributed by atoms with Crippen LogP contribution in [0, 0.1) is 5.82 Å². The first-order valence-electron chi connectivity index (χ1n) is 10.3. The lowest BCUT2D eigenvalue weighted by molar-refractivity contribution is -0.140. The molecule has 7 heteroatoms. The van der Waals surface area contributed by atoms with Crippen molar-refractivity contribution in [3.05, 3.63) is 101 Å². The maximum atomic E-state index is 13.2. The average Bonchev–Trinajstić information content (AvgIpc) is 2.80. The lowest BCUT2D eigenvalue weighted by Gasteiger charge is -2.20. The number of hydrogen-bond acceptors (Lipinski definition) is 4. The lowest BCUT2D eigenvalue weighted by atomic mass is 9.98. The molecule has 0 fully saturated rings. The summed E-state index contributed by atoms with van der Waals surface area (Å²) in [6, 6.07) is 21.5. The third-order valence-corrected chi connectivity index (χ3v) is 6.65. The summed E-state index contributed by atoms with van der Waals surface area (Å²) in [6.07, 6.45) is 2.21. The molecule has 0 aliphatic carbocycles. The van der Waals surface area contributed by atoms with E-state index in [2.05, 4.69) is 9.46 Å². The Balaban J connectivity index is 1.79. The van der Waals surface area contributed by atoms with Gasteiger partial charge in [0.25, 0.3) is 0 Å². The number of hydrogen-bond donors (Lipinski definition) is 1. The highest BCUT2D eigenvalue weighted by atomic mass is 32.2. The highest BCUT2D eigenvalue weighted by Gasteiger charge is 2.22. The first kappa shape index (κ1) is 23.6. The predicted molar refractivity (Wildman–Crippen MR) is 121 cm³/mol. The third kappa shape index (κ3) is 6.73. The summed E-state index contributed by atoms with van der Waals surface area (Å²) >= 11 is 0. The topological polar surface area (TPSA) is 72.5 Å². The fraction of sp³-hybridized carbons (Fsp3) is 0.240. The average molecular weight is 456 g/mol. The molecule has 0 amide bonds. The van der Waals surface area contributed by atoms with Gasteiger partial charge in [-0.25, -0.2) is 17.5 Å². The van der Waals surface area contributed by atoms with Gasteiger partial charge in [0.2, 0.25) is 10.0 Å². The normalized spacial score (nSPS) is 12.3. The number of carbonyl (C=O) groups is 1. The van der Waals surface area contributed by atoms with Crippen LogP contribution in [-0.2, 0) is 32.4 Å². The Bertz CT molecular complexity index is 1110. The number of carbonyl (C=O) groups excluding carboxylic acids is 1. The molecule has 1 atom stereocenters. The monoisotopic (exact) mass is 455 g/mol. The van der Waals surface area contributed by atoms with Crippen molar-refractivity contribution in [1.29, 1.82) is 0 Å². The third-order valence-electron chi connectivity index (χ3n) is 5.16. The molecular formula is C25H26FNO4S. The van der Waals surface area contributed by atoms with Crippen LogP contribution in [0.15, 0.2) is 83.8 Å². The van der Waals surface area contributed by atoms with Crippen LogP contribution >= 0.6 is 0 Å². The molecule has 0 bridgehead atoms. The Kier molecular flexibility index (Phi) is 8.14. The number of aryl methyl sites for hydroxylation is 1. The van der Waals surface area contributed by atoms with Crippen molar-refractivity contribution in [1.82, 2.24) is 4.72 Å².